The molecule has 0 spiro atoms. The molecule has 0 bridgehead atoms. The van der Waals surface area contributed by atoms with Gasteiger partial charge >= 0.3 is 0 Å². The molecule has 0 atom stereocenters. The Balaban J connectivity index is 2.21. The summed E-state index contributed by atoms with van der Waals surface area (Å²) in [6, 6.07) is 6.22. The molecule has 0 radical (unpaired) electrons. The first-order valence-electron chi connectivity index (χ1n) is 6.02. The van der Waals surface area contributed by atoms with E-state index < -0.39 is 0 Å². The number of benzene rings is 1. The fraction of sp³-hybridized carbons (Fsp3) is 0.462. The zero-order valence-electron chi connectivity index (χ0n) is 10.0. The Hall–Kier alpha value is -0.740. The fourth-order valence-electron chi connectivity index (χ4n) is 1.78. The molecule has 1 aliphatic rings. The fourth-order valence-corrected chi connectivity index (χ4v) is 2.92. The molecule has 92 valence electrons. The maximum atomic E-state index is 5.85. The Morgan fingerprint density at radius 3 is 2.88 bits per heavy atom. The Morgan fingerprint density at radius 1 is 1.53 bits per heavy atom. The largest absolute Gasteiger partial charge is 0.389 e. The molecule has 0 unspecified atom stereocenters. The monoisotopic (exact) mass is 266 g/mol. The first-order chi connectivity index (χ1) is 8.22. The van der Waals surface area contributed by atoms with Crippen molar-refractivity contribution in [1.29, 1.82) is 0 Å². The van der Waals surface area contributed by atoms with Gasteiger partial charge in [0.15, 0.2) is 0 Å². The molecule has 1 saturated carbocycles. The van der Waals surface area contributed by atoms with Crippen LogP contribution in [0.15, 0.2) is 23.1 Å². The molecule has 1 aromatic carbocycles. The van der Waals surface area contributed by atoms with Crippen molar-refractivity contribution < 1.29 is 0 Å². The van der Waals surface area contributed by atoms with Crippen LogP contribution < -0.4 is 11.1 Å². The van der Waals surface area contributed by atoms with Crippen molar-refractivity contribution in [3.05, 3.63) is 23.8 Å². The van der Waals surface area contributed by atoms with Crippen LogP contribution in [0, 0.1) is 5.92 Å². The molecule has 1 aliphatic carbocycles. The summed E-state index contributed by atoms with van der Waals surface area (Å²) in [5.41, 5.74) is 7.94. The highest BCUT2D eigenvalue weighted by Gasteiger charge is 2.21. The molecule has 2 rings (SSSR count). The van der Waals surface area contributed by atoms with Crippen LogP contribution in [0.2, 0.25) is 0 Å². The van der Waals surface area contributed by atoms with Crippen molar-refractivity contribution in [2.75, 3.05) is 17.6 Å². The lowest BCUT2D eigenvalue weighted by atomic mass is 10.1. The predicted molar refractivity (Wildman–Crippen MR) is 79.9 cm³/mol. The molecule has 17 heavy (non-hydrogen) atoms. The third-order valence-corrected chi connectivity index (χ3v) is 3.99. The second kappa shape index (κ2) is 5.74. The van der Waals surface area contributed by atoms with Crippen LogP contribution in [0.4, 0.5) is 5.69 Å². The molecule has 1 aromatic rings. The first-order valence-corrected chi connectivity index (χ1v) is 7.41. The summed E-state index contributed by atoms with van der Waals surface area (Å²) in [5, 5.41) is 3.47. The van der Waals surface area contributed by atoms with Crippen LogP contribution in [0.25, 0.3) is 0 Å². The van der Waals surface area contributed by atoms with E-state index in [-0.39, 0.29) is 0 Å². The van der Waals surface area contributed by atoms with Gasteiger partial charge in [-0.05, 0) is 36.6 Å². The van der Waals surface area contributed by atoms with Gasteiger partial charge in [0.1, 0.15) is 4.99 Å². The van der Waals surface area contributed by atoms with E-state index in [9.17, 15) is 0 Å². The third-order valence-electron chi connectivity index (χ3n) is 2.85. The highest BCUT2D eigenvalue weighted by atomic mass is 32.2. The van der Waals surface area contributed by atoms with Crippen LogP contribution in [0.1, 0.15) is 25.3 Å². The van der Waals surface area contributed by atoms with Crippen LogP contribution in [0.5, 0.6) is 0 Å². The molecule has 2 nitrogen and oxygen atoms in total. The number of anilines is 1. The van der Waals surface area contributed by atoms with Gasteiger partial charge in [-0.15, -0.1) is 11.8 Å². The molecular weight excluding hydrogens is 248 g/mol. The van der Waals surface area contributed by atoms with E-state index in [4.69, 9.17) is 18.0 Å². The van der Waals surface area contributed by atoms with Gasteiger partial charge in [0.05, 0.1) is 0 Å². The van der Waals surface area contributed by atoms with Gasteiger partial charge in [-0.2, -0.15) is 0 Å². The third kappa shape index (κ3) is 3.36. The van der Waals surface area contributed by atoms with Crippen molar-refractivity contribution in [2.24, 2.45) is 11.7 Å². The standard InChI is InChI=1S/C13H18N2S2/c1-2-17-11-5-3-4-10(12(11)13(14)16)15-8-9-6-7-9/h3-5,9,15H,2,6-8H2,1H3,(H2,14,16). The van der Waals surface area contributed by atoms with Gasteiger partial charge in [-0.1, -0.05) is 25.2 Å². The topological polar surface area (TPSA) is 38.0 Å². The van der Waals surface area contributed by atoms with E-state index in [1.807, 2.05) is 0 Å². The molecule has 0 heterocycles. The SMILES string of the molecule is CCSc1cccc(NCC2CC2)c1C(N)=S. The maximum absolute atomic E-state index is 5.85. The van der Waals surface area contributed by atoms with Gasteiger partial charge in [0, 0.05) is 22.7 Å². The molecule has 4 heteroatoms. The lowest BCUT2D eigenvalue weighted by Crippen LogP contribution is -2.15. The van der Waals surface area contributed by atoms with Crippen LogP contribution in [0.3, 0.4) is 0 Å². The summed E-state index contributed by atoms with van der Waals surface area (Å²) in [4.78, 5) is 1.67. The van der Waals surface area contributed by atoms with Gasteiger partial charge in [0.2, 0.25) is 0 Å². The first kappa shape index (κ1) is 12.7. The summed E-state index contributed by atoms with van der Waals surface area (Å²) >= 11 is 6.96. The summed E-state index contributed by atoms with van der Waals surface area (Å²) in [5.74, 6) is 1.87. The highest BCUT2D eigenvalue weighted by molar-refractivity contribution is 7.99. The number of hydrogen-bond acceptors (Lipinski definition) is 3. The van der Waals surface area contributed by atoms with Gasteiger partial charge < -0.3 is 11.1 Å². The number of thioether (sulfide) groups is 1. The highest BCUT2D eigenvalue weighted by Crippen LogP contribution is 2.32. The van der Waals surface area contributed by atoms with Crippen LogP contribution >= 0.6 is 24.0 Å². The predicted octanol–water partition coefficient (Wildman–Crippen LogP) is 3.25. The molecular formula is C13H18N2S2. The summed E-state index contributed by atoms with van der Waals surface area (Å²) in [6.07, 6.45) is 2.69. The molecule has 0 aromatic heterocycles. The molecule has 0 aliphatic heterocycles. The lowest BCUT2D eigenvalue weighted by molar-refractivity contribution is 0.888. The smallest absolute Gasteiger partial charge is 0.107 e. The Bertz CT molecular complexity index is 414. The van der Waals surface area contributed by atoms with Gasteiger partial charge in [0.25, 0.3) is 0 Å². The molecule has 1 fully saturated rings. The quantitative estimate of drug-likeness (QED) is 0.612. The van der Waals surface area contributed by atoms with Crippen molar-refractivity contribution in [3.63, 3.8) is 0 Å². The van der Waals surface area contributed by atoms with E-state index in [1.165, 1.54) is 17.7 Å². The van der Waals surface area contributed by atoms with Crippen molar-refractivity contribution in [2.45, 2.75) is 24.7 Å². The molecule has 3 N–H and O–H groups in total. The minimum atomic E-state index is 0.486. The number of nitrogens with one attached hydrogen (secondary N) is 1. The van der Waals surface area contributed by atoms with Crippen molar-refractivity contribution in [1.82, 2.24) is 0 Å². The number of hydrogen-bond donors (Lipinski definition) is 2. The Labute approximate surface area is 112 Å². The number of thiocarbonyl (C=S) groups is 1. The zero-order valence-corrected chi connectivity index (χ0v) is 11.7. The van der Waals surface area contributed by atoms with Gasteiger partial charge in [-0.3, -0.25) is 0 Å². The summed E-state index contributed by atoms with van der Waals surface area (Å²) in [7, 11) is 0. The van der Waals surface area contributed by atoms with E-state index in [0.717, 1.165) is 29.5 Å². The van der Waals surface area contributed by atoms with E-state index in [0.29, 0.717) is 4.99 Å². The van der Waals surface area contributed by atoms with E-state index in [1.54, 1.807) is 11.8 Å². The van der Waals surface area contributed by atoms with Crippen LogP contribution in [-0.4, -0.2) is 17.3 Å². The lowest BCUT2D eigenvalue weighted by Gasteiger charge is -2.14. The van der Waals surface area contributed by atoms with E-state index >= 15 is 0 Å². The summed E-state index contributed by atoms with van der Waals surface area (Å²) in [6.45, 7) is 3.17. The normalized spacial score (nSPS) is 14.6. The van der Waals surface area contributed by atoms with Crippen molar-refractivity contribution >= 4 is 34.7 Å². The zero-order chi connectivity index (χ0) is 12.3. The Kier molecular flexibility index (Phi) is 4.29. The molecule has 0 amide bonds. The average Bonchev–Trinajstić information content (AvgIpc) is 3.10. The van der Waals surface area contributed by atoms with Crippen LogP contribution in [-0.2, 0) is 0 Å². The molecule has 0 saturated heterocycles. The Morgan fingerprint density at radius 2 is 2.29 bits per heavy atom. The summed E-state index contributed by atoms with van der Waals surface area (Å²) < 4.78 is 0. The average molecular weight is 266 g/mol. The number of rotatable bonds is 6. The second-order valence-corrected chi connectivity index (χ2v) is 6.05. The van der Waals surface area contributed by atoms with Crippen molar-refractivity contribution in [3.8, 4) is 0 Å². The minimum absolute atomic E-state index is 0.486. The second-order valence-electron chi connectivity index (χ2n) is 4.30. The maximum Gasteiger partial charge on any atom is 0.107 e. The van der Waals surface area contributed by atoms with Gasteiger partial charge in [-0.25, -0.2) is 0 Å². The van der Waals surface area contributed by atoms with E-state index in [2.05, 4.69) is 30.4 Å². The number of nitrogens with two attached hydrogens (primary N) is 1. The minimum Gasteiger partial charge on any atom is -0.389 e.